The number of rotatable bonds is 4. The lowest BCUT2D eigenvalue weighted by atomic mass is 10.1. The Balaban J connectivity index is 1.74. The number of imide groups is 1. The van der Waals surface area contributed by atoms with Gasteiger partial charge in [0.25, 0.3) is 5.91 Å². The Morgan fingerprint density at radius 1 is 1.32 bits per heavy atom. The summed E-state index contributed by atoms with van der Waals surface area (Å²) >= 11 is 5.83. The van der Waals surface area contributed by atoms with Crippen molar-refractivity contribution in [2.75, 3.05) is 6.61 Å². The second-order valence-electron chi connectivity index (χ2n) is 5.77. The van der Waals surface area contributed by atoms with Gasteiger partial charge in [0.2, 0.25) is 0 Å². The van der Waals surface area contributed by atoms with E-state index < -0.39 is 12.0 Å². The third-order valence-corrected chi connectivity index (χ3v) is 4.22. The first-order chi connectivity index (χ1) is 12.0. The Morgan fingerprint density at radius 2 is 2.08 bits per heavy atom. The van der Waals surface area contributed by atoms with Crippen LogP contribution in [-0.2, 0) is 16.0 Å². The van der Waals surface area contributed by atoms with Crippen molar-refractivity contribution in [2.45, 2.75) is 19.4 Å². The summed E-state index contributed by atoms with van der Waals surface area (Å²) in [5, 5.41) is 0.395. The minimum Gasteiger partial charge on any atom is -0.447 e. The van der Waals surface area contributed by atoms with Gasteiger partial charge in [0.15, 0.2) is 0 Å². The maximum absolute atomic E-state index is 12.5. The Kier molecular flexibility index (Phi) is 5.14. The minimum atomic E-state index is -0.610. The fraction of sp³-hybridized carbons (Fsp3) is 0.211. The molecule has 1 aliphatic rings. The normalized spacial score (nSPS) is 17.1. The summed E-state index contributed by atoms with van der Waals surface area (Å²) in [6.07, 6.45) is 2.95. The van der Waals surface area contributed by atoms with Gasteiger partial charge in [0.1, 0.15) is 11.8 Å². The molecule has 0 radical (unpaired) electrons. The summed E-state index contributed by atoms with van der Waals surface area (Å²) in [6.45, 7) is 2.01. The van der Waals surface area contributed by atoms with E-state index >= 15 is 0 Å². The van der Waals surface area contributed by atoms with Crippen molar-refractivity contribution in [1.29, 1.82) is 0 Å². The Morgan fingerprint density at radius 3 is 2.80 bits per heavy atom. The van der Waals surface area contributed by atoms with Gasteiger partial charge in [-0.05, 0) is 36.6 Å². The number of carbonyl (C=O) groups is 2. The molecule has 0 N–H and O–H groups in total. The average Bonchev–Trinajstić information content (AvgIpc) is 2.95. The number of amides is 2. The van der Waals surface area contributed by atoms with Crippen molar-refractivity contribution >= 4 is 29.7 Å². The number of benzene rings is 1. The highest BCUT2D eigenvalue weighted by Crippen LogP contribution is 2.19. The molecule has 2 heterocycles. The summed E-state index contributed by atoms with van der Waals surface area (Å²) < 4.78 is 5.07. The second-order valence-corrected chi connectivity index (χ2v) is 6.16. The van der Waals surface area contributed by atoms with Gasteiger partial charge in [-0.1, -0.05) is 48.0 Å². The van der Waals surface area contributed by atoms with Crippen LogP contribution in [0.25, 0.3) is 6.08 Å². The highest BCUT2D eigenvalue weighted by molar-refractivity contribution is 6.29. The van der Waals surface area contributed by atoms with E-state index in [1.165, 1.54) is 11.0 Å². The van der Waals surface area contributed by atoms with Crippen LogP contribution in [0.2, 0.25) is 5.15 Å². The first kappa shape index (κ1) is 17.2. The molecular formula is C19H17ClN2O3. The molecule has 0 bridgehead atoms. The van der Waals surface area contributed by atoms with Crippen LogP contribution in [0, 0.1) is 6.92 Å². The molecule has 0 spiro atoms. The summed E-state index contributed by atoms with van der Waals surface area (Å²) in [4.78, 5) is 29.8. The number of halogens is 1. The van der Waals surface area contributed by atoms with E-state index in [0.29, 0.717) is 17.3 Å². The minimum absolute atomic E-state index is 0.203. The van der Waals surface area contributed by atoms with E-state index in [9.17, 15) is 9.59 Å². The number of hydrogen-bond donors (Lipinski definition) is 0. The van der Waals surface area contributed by atoms with Crippen LogP contribution < -0.4 is 0 Å². The van der Waals surface area contributed by atoms with Crippen molar-refractivity contribution in [3.05, 3.63) is 70.5 Å². The summed E-state index contributed by atoms with van der Waals surface area (Å²) in [6, 6.07) is 12.8. The summed E-state index contributed by atoms with van der Waals surface area (Å²) in [7, 11) is 0. The molecule has 5 nitrogen and oxygen atoms in total. The number of carbonyl (C=O) groups excluding carboxylic acids is 2. The highest BCUT2D eigenvalue weighted by atomic mass is 35.5. The molecule has 0 unspecified atom stereocenters. The molecule has 0 saturated carbocycles. The SMILES string of the molecule is Cc1nc(Cl)ccc1/C=C/C(=O)N1C(=O)OC[C@@H]1Cc1ccccc1. The summed E-state index contributed by atoms with van der Waals surface area (Å²) in [5.41, 5.74) is 2.52. The molecule has 6 heteroatoms. The van der Waals surface area contributed by atoms with Gasteiger partial charge < -0.3 is 4.74 Å². The van der Waals surface area contributed by atoms with Crippen molar-refractivity contribution in [1.82, 2.24) is 9.88 Å². The van der Waals surface area contributed by atoms with Crippen LogP contribution in [-0.4, -0.2) is 34.5 Å². The molecule has 1 aromatic carbocycles. The molecule has 3 rings (SSSR count). The van der Waals surface area contributed by atoms with Crippen LogP contribution in [0.1, 0.15) is 16.8 Å². The number of cyclic esters (lactones) is 1. The fourth-order valence-electron chi connectivity index (χ4n) is 2.73. The molecule has 0 aliphatic carbocycles. The van der Waals surface area contributed by atoms with Crippen LogP contribution in [0.4, 0.5) is 4.79 Å². The van der Waals surface area contributed by atoms with Gasteiger partial charge in [0, 0.05) is 11.8 Å². The zero-order chi connectivity index (χ0) is 17.8. The van der Waals surface area contributed by atoms with Crippen LogP contribution >= 0.6 is 11.6 Å². The van der Waals surface area contributed by atoms with Gasteiger partial charge in [-0.3, -0.25) is 4.79 Å². The van der Waals surface area contributed by atoms with E-state index in [4.69, 9.17) is 16.3 Å². The first-order valence-electron chi connectivity index (χ1n) is 7.89. The van der Waals surface area contributed by atoms with Gasteiger partial charge in [-0.15, -0.1) is 0 Å². The van der Waals surface area contributed by atoms with E-state index in [-0.39, 0.29) is 12.6 Å². The molecule has 2 aromatic rings. The topological polar surface area (TPSA) is 59.5 Å². The van der Waals surface area contributed by atoms with E-state index in [1.54, 1.807) is 25.1 Å². The lowest BCUT2D eigenvalue weighted by Crippen LogP contribution is -2.39. The van der Waals surface area contributed by atoms with Crippen molar-refractivity contribution in [3.8, 4) is 0 Å². The molecule has 1 fully saturated rings. The number of nitrogens with zero attached hydrogens (tertiary/aromatic N) is 2. The number of hydrogen-bond acceptors (Lipinski definition) is 4. The maximum atomic E-state index is 12.5. The quantitative estimate of drug-likeness (QED) is 0.619. The highest BCUT2D eigenvalue weighted by Gasteiger charge is 2.36. The fourth-order valence-corrected chi connectivity index (χ4v) is 2.92. The lowest BCUT2D eigenvalue weighted by molar-refractivity contribution is -0.124. The third kappa shape index (κ3) is 4.06. The zero-order valence-corrected chi connectivity index (χ0v) is 14.4. The molecule has 25 heavy (non-hydrogen) atoms. The van der Waals surface area contributed by atoms with Gasteiger partial charge in [0.05, 0.1) is 6.04 Å². The smallest absolute Gasteiger partial charge is 0.417 e. The molecule has 1 saturated heterocycles. The van der Waals surface area contributed by atoms with E-state index in [0.717, 1.165) is 11.1 Å². The standard InChI is InChI=1S/C19H17ClN2O3/c1-13-15(7-9-17(20)21-13)8-10-18(23)22-16(12-25-19(22)24)11-14-5-3-2-4-6-14/h2-10,16H,11-12H2,1H3/b10-8+/t16-/m0/s1. The second kappa shape index (κ2) is 7.49. The maximum Gasteiger partial charge on any atom is 0.417 e. The molecule has 2 amide bonds. The average molecular weight is 357 g/mol. The van der Waals surface area contributed by atoms with Gasteiger partial charge in [-0.25, -0.2) is 14.7 Å². The van der Waals surface area contributed by atoms with Crippen molar-refractivity contribution in [2.24, 2.45) is 0 Å². The Bertz CT molecular complexity index is 821. The predicted molar refractivity (Wildman–Crippen MR) is 95.1 cm³/mol. The van der Waals surface area contributed by atoms with Crippen molar-refractivity contribution in [3.63, 3.8) is 0 Å². The van der Waals surface area contributed by atoms with E-state index in [1.807, 2.05) is 30.3 Å². The van der Waals surface area contributed by atoms with Crippen LogP contribution in [0.3, 0.4) is 0 Å². The third-order valence-electron chi connectivity index (χ3n) is 4.01. The monoisotopic (exact) mass is 356 g/mol. The number of pyridine rings is 1. The molecule has 1 aromatic heterocycles. The number of aryl methyl sites for hydroxylation is 1. The van der Waals surface area contributed by atoms with E-state index in [2.05, 4.69) is 4.98 Å². The van der Waals surface area contributed by atoms with Crippen LogP contribution in [0.5, 0.6) is 0 Å². The number of aromatic nitrogens is 1. The first-order valence-corrected chi connectivity index (χ1v) is 8.27. The molecule has 1 aliphatic heterocycles. The van der Waals surface area contributed by atoms with Crippen LogP contribution in [0.15, 0.2) is 48.5 Å². The lowest BCUT2D eigenvalue weighted by Gasteiger charge is -2.18. The molecule has 128 valence electrons. The number of ether oxygens (including phenoxy) is 1. The largest absolute Gasteiger partial charge is 0.447 e. The van der Waals surface area contributed by atoms with Gasteiger partial charge >= 0.3 is 6.09 Å². The Labute approximate surface area is 150 Å². The summed E-state index contributed by atoms with van der Waals surface area (Å²) in [5.74, 6) is -0.405. The zero-order valence-electron chi connectivity index (χ0n) is 13.7. The Hall–Kier alpha value is -2.66. The van der Waals surface area contributed by atoms with Gasteiger partial charge in [-0.2, -0.15) is 0 Å². The predicted octanol–water partition coefficient (Wildman–Crippen LogP) is 3.65. The van der Waals surface area contributed by atoms with Crippen molar-refractivity contribution < 1.29 is 14.3 Å². The molecular weight excluding hydrogens is 340 g/mol. The molecule has 1 atom stereocenters.